The number of benzene rings is 2. The van der Waals surface area contributed by atoms with Gasteiger partial charge in [0.15, 0.2) is 12.1 Å². The van der Waals surface area contributed by atoms with Gasteiger partial charge in [0, 0.05) is 0 Å². The third-order valence-corrected chi connectivity index (χ3v) is 3.72. The largest absolute Gasteiger partial charge is 0.370 e. The van der Waals surface area contributed by atoms with E-state index in [0.29, 0.717) is 5.96 Å². The summed E-state index contributed by atoms with van der Waals surface area (Å²) >= 11 is 0. The summed E-state index contributed by atoms with van der Waals surface area (Å²) in [7, 11) is 0. The van der Waals surface area contributed by atoms with Gasteiger partial charge in [-0.25, -0.2) is 9.98 Å². The normalized spacial score (nSPS) is 17.2. The van der Waals surface area contributed by atoms with Gasteiger partial charge in [-0.2, -0.15) is 0 Å². The van der Waals surface area contributed by atoms with Crippen molar-refractivity contribution in [2.75, 3.05) is 5.32 Å². The lowest BCUT2D eigenvalue weighted by atomic mass is 10.1. The average Bonchev–Trinajstić information content (AvgIpc) is 2.85. The van der Waals surface area contributed by atoms with Crippen molar-refractivity contribution in [3.8, 4) is 0 Å². The monoisotopic (exact) mass is 277 g/mol. The van der Waals surface area contributed by atoms with Gasteiger partial charge in [-0.1, -0.05) is 42.0 Å². The number of aromatic nitrogens is 2. The highest BCUT2D eigenvalue weighted by atomic mass is 15.4. The Hall–Kier alpha value is -2.82. The summed E-state index contributed by atoms with van der Waals surface area (Å²) in [5, 5.41) is 3.04. The zero-order valence-corrected chi connectivity index (χ0v) is 11.6. The molecule has 1 aromatic heterocycles. The standard InChI is InChI=1S/C16H15N5/c1-10-6-8-11(9-7-10)14-19-15(17)20-16-18-12-4-2-3-5-13(12)21(14)16/h2-9,14H,1H3,(H3,17,18,19,20)/t14-/m1/s1. The quantitative estimate of drug-likeness (QED) is 0.718. The minimum Gasteiger partial charge on any atom is -0.370 e. The van der Waals surface area contributed by atoms with Crippen molar-refractivity contribution in [1.82, 2.24) is 9.55 Å². The van der Waals surface area contributed by atoms with Crippen LogP contribution in [0.4, 0.5) is 5.95 Å². The van der Waals surface area contributed by atoms with Crippen LogP contribution in [-0.4, -0.2) is 15.5 Å². The highest BCUT2D eigenvalue weighted by Gasteiger charge is 2.24. The van der Waals surface area contributed by atoms with Crippen LogP contribution in [0.3, 0.4) is 0 Å². The molecule has 0 radical (unpaired) electrons. The highest BCUT2D eigenvalue weighted by Crippen LogP contribution is 2.32. The van der Waals surface area contributed by atoms with Crippen molar-refractivity contribution in [3.05, 3.63) is 59.7 Å². The van der Waals surface area contributed by atoms with Gasteiger partial charge in [-0.15, -0.1) is 0 Å². The summed E-state index contributed by atoms with van der Waals surface area (Å²) in [5.41, 5.74) is 10.2. The molecule has 0 amide bonds. The van der Waals surface area contributed by atoms with Gasteiger partial charge in [0.25, 0.3) is 0 Å². The van der Waals surface area contributed by atoms with Gasteiger partial charge in [0.1, 0.15) is 0 Å². The zero-order chi connectivity index (χ0) is 14.4. The molecule has 2 aromatic carbocycles. The van der Waals surface area contributed by atoms with Crippen molar-refractivity contribution < 1.29 is 0 Å². The molecular weight excluding hydrogens is 262 g/mol. The van der Waals surface area contributed by atoms with Gasteiger partial charge in [-0.3, -0.25) is 9.88 Å². The Kier molecular flexibility index (Phi) is 2.47. The zero-order valence-electron chi connectivity index (χ0n) is 11.6. The molecular formula is C16H15N5. The maximum Gasteiger partial charge on any atom is 0.212 e. The van der Waals surface area contributed by atoms with Gasteiger partial charge >= 0.3 is 0 Å². The molecule has 1 atom stereocenters. The molecule has 0 unspecified atom stereocenters. The summed E-state index contributed by atoms with van der Waals surface area (Å²) in [4.78, 5) is 9.14. The Labute approximate surface area is 122 Å². The van der Waals surface area contributed by atoms with Gasteiger partial charge in [0.2, 0.25) is 5.95 Å². The summed E-state index contributed by atoms with van der Waals surface area (Å²) in [5.74, 6) is 1.12. The second kappa shape index (κ2) is 4.34. The third-order valence-electron chi connectivity index (χ3n) is 3.72. The van der Waals surface area contributed by atoms with Crippen LogP contribution in [0.5, 0.6) is 0 Å². The second-order valence-electron chi connectivity index (χ2n) is 5.22. The van der Waals surface area contributed by atoms with Gasteiger partial charge in [0.05, 0.1) is 11.0 Å². The number of nitrogens with one attached hydrogen (secondary N) is 1. The van der Waals surface area contributed by atoms with Crippen LogP contribution in [0.15, 0.2) is 53.5 Å². The first-order chi connectivity index (χ1) is 10.2. The molecule has 0 bridgehead atoms. The second-order valence-corrected chi connectivity index (χ2v) is 5.22. The predicted octanol–water partition coefficient (Wildman–Crippen LogP) is 2.63. The maximum absolute atomic E-state index is 5.91. The van der Waals surface area contributed by atoms with E-state index in [1.54, 1.807) is 0 Å². The molecule has 3 N–H and O–H groups in total. The number of rotatable bonds is 1. The molecule has 1 aliphatic rings. The fourth-order valence-electron chi connectivity index (χ4n) is 2.68. The van der Waals surface area contributed by atoms with Crippen LogP contribution in [0, 0.1) is 6.92 Å². The molecule has 3 aromatic rings. The van der Waals surface area contributed by atoms with E-state index in [1.165, 1.54) is 5.56 Å². The lowest BCUT2D eigenvalue weighted by molar-refractivity contribution is 0.626. The lowest BCUT2D eigenvalue weighted by Gasteiger charge is -2.23. The molecule has 0 saturated heterocycles. The molecule has 104 valence electrons. The number of imidazole rings is 1. The van der Waals surface area contributed by atoms with Crippen LogP contribution in [-0.2, 0) is 0 Å². The number of guanidine groups is 1. The molecule has 21 heavy (non-hydrogen) atoms. The Balaban J connectivity index is 1.95. The van der Waals surface area contributed by atoms with E-state index in [2.05, 4.69) is 51.0 Å². The smallest absolute Gasteiger partial charge is 0.212 e. The first-order valence-electron chi connectivity index (χ1n) is 6.86. The minimum atomic E-state index is -0.186. The number of fused-ring (bicyclic) bond motifs is 3. The Bertz CT molecular complexity index is 845. The summed E-state index contributed by atoms with van der Waals surface area (Å²) < 4.78 is 2.08. The first kappa shape index (κ1) is 12.0. The van der Waals surface area contributed by atoms with Crippen LogP contribution in [0.1, 0.15) is 17.3 Å². The van der Waals surface area contributed by atoms with E-state index in [9.17, 15) is 0 Å². The van der Waals surface area contributed by atoms with Crippen LogP contribution >= 0.6 is 0 Å². The van der Waals surface area contributed by atoms with E-state index in [-0.39, 0.29) is 6.17 Å². The lowest BCUT2D eigenvalue weighted by Crippen LogP contribution is -2.31. The number of aliphatic imine (C=N–C) groups is 1. The fourth-order valence-corrected chi connectivity index (χ4v) is 2.68. The molecule has 0 fully saturated rings. The number of aryl methyl sites for hydroxylation is 1. The summed E-state index contributed by atoms with van der Waals surface area (Å²) in [6, 6.07) is 16.4. The Morgan fingerprint density at radius 1 is 1.10 bits per heavy atom. The third kappa shape index (κ3) is 1.86. The van der Waals surface area contributed by atoms with Gasteiger partial charge < -0.3 is 5.73 Å². The molecule has 0 aliphatic carbocycles. The van der Waals surface area contributed by atoms with Crippen LogP contribution < -0.4 is 11.1 Å². The number of hydrogen-bond acceptors (Lipinski definition) is 4. The summed E-state index contributed by atoms with van der Waals surface area (Å²) in [6.07, 6.45) is -0.186. The fraction of sp³-hybridized carbons (Fsp3) is 0.125. The number of anilines is 1. The first-order valence-corrected chi connectivity index (χ1v) is 6.86. The SMILES string of the molecule is Cc1ccc([C@@H]2N=C(N)Nc3nc4ccccc4n32)cc1. The van der Waals surface area contributed by atoms with E-state index < -0.39 is 0 Å². The van der Waals surface area contributed by atoms with E-state index >= 15 is 0 Å². The summed E-state index contributed by atoms with van der Waals surface area (Å²) in [6.45, 7) is 2.07. The van der Waals surface area contributed by atoms with Crippen molar-refractivity contribution in [2.24, 2.45) is 10.7 Å². The van der Waals surface area contributed by atoms with Crippen molar-refractivity contribution in [1.29, 1.82) is 0 Å². The van der Waals surface area contributed by atoms with Crippen molar-refractivity contribution >= 4 is 22.9 Å². The molecule has 0 spiro atoms. The van der Waals surface area contributed by atoms with E-state index in [1.807, 2.05) is 24.3 Å². The predicted molar refractivity (Wildman–Crippen MR) is 84.3 cm³/mol. The molecule has 5 nitrogen and oxygen atoms in total. The highest BCUT2D eigenvalue weighted by molar-refractivity contribution is 5.94. The maximum atomic E-state index is 5.91. The molecule has 0 saturated carbocycles. The van der Waals surface area contributed by atoms with Crippen LogP contribution in [0.2, 0.25) is 0 Å². The van der Waals surface area contributed by atoms with Crippen LogP contribution in [0.25, 0.3) is 11.0 Å². The number of nitrogens with zero attached hydrogens (tertiary/aromatic N) is 3. The average molecular weight is 277 g/mol. The van der Waals surface area contributed by atoms with E-state index in [0.717, 1.165) is 22.5 Å². The molecule has 4 rings (SSSR count). The molecule has 5 heteroatoms. The van der Waals surface area contributed by atoms with Crippen molar-refractivity contribution in [3.63, 3.8) is 0 Å². The molecule has 2 heterocycles. The minimum absolute atomic E-state index is 0.186. The number of hydrogen-bond donors (Lipinski definition) is 2. The van der Waals surface area contributed by atoms with Gasteiger partial charge in [-0.05, 0) is 24.6 Å². The Morgan fingerprint density at radius 3 is 2.67 bits per heavy atom. The number of para-hydroxylation sites is 2. The van der Waals surface area contributed by atoms with Crippen molar-refractivity contribution in [2.45, 2.75) is 13.1 Å². The topological polar surface area (TPSA) is 68.2 Å². The van der Waals surface area contributed by atoms with E-state index in [4.69, 9.17) is 5.73 Å². The number of nitrogens with two attached hydrogens (primary N) is 1. The Morgan fingerprint density at radius 2 is 1.86 bits per heavy atom. The molecule has 1 aliphatic heterocycles.